The van der Waals surface area contributed by atoms with Crippen LogP contribution in [0.5, 0.6) is 0 Å². The number of non-ortho nitro benzene ring substituents is 1. The van der Waals surface area contributed by atoms with Crippen molar-refractivity contribution in [1.82, 2.24) is 0 Å². The Morgan fingerprint density at radius 3 is 2.35 bits per heavy atom. The van der Waals surface area contributed by atoms with Crippen LogP contribution < -0.4 is 4.90 Å². The lowest BCUT2D eigenvalue weighted by Crippen LogP contribution is -2.25. The van der Waals surface area contributed by atoms with E-state index in [1.54, 1.807) is 17.1 Å². The molecule has 0 saturated carbocycles. The summed E-state index contributed by atoms with van der Waals surface area (Å²) >= 11 is 6.01. The van der Waals surface area contributed by atoms with E-state index in [-0.39, 0.29) is 22.0 Å². The number of aromatic carboxylic acids is 1. The fraction of sp³-hybridized carbons (Fsp3) is 0.154. The molecule has 1 aromatic rings. The molecule has 7 heteroatoms. The number of hydrogen-bond donors (Lipinski definition) is 1. The lowest BCUT2D eigenvalue weighted by molar-refractivity contribution is -0.384. The van der Waals surface area contributed by atoms with Gasteiger partial charge in [-0.15, -0.1) is 13.2 Å². The average Bonchev–Trinajstić information content (AvgIpc) is 2.37. The molecule has 1 rings (SSSR count). The van der Waals surface area contributed by atoms with Crippen molar-refractivity contribution in [3.8, 4) is 0 Å². The number of benzene rings is 1. The molecule has 106 valence electrons. The van der Waals surface area contributed by atoms with Gasteiger partial charge >= 0.3 is 5.97 Å². The molecule has 20 heavy (non-hydrogen) atoms. The van der Waals surface area contributed by atoms with Crippen LogP contribution >= 0.6 is 11.6 Å². The van der Waals surface area contributed by atoms with Crippen LogP contribution in [0.3, 0.4) is 0 Å². The van der Waals surface area contributed by atoms with Crippen LogP contribution in [0.4, 0.5) is 11.4 Å². The van der Waals surface area contributed by atoms with Gasteiger partial charge in [0.1, 0.15) is 0 Å². The molecule has 0 fully saturated rings. The van der Waals surface area contributed by atoms with Crippen molar-refractivity contribution < 1.29 is 14.8 Å². The van der Waals surface area contributed by atoms with E-state index in [1.807, 2.05) is 0 Å². The molecule has 1 N–H and O–H groups in total. The lowest BCUT2D eigenvalue weighted by atomic mass is 10.1. The fourth-order valence-electron chi connectivity index (χ4n) is 1.74. The van der Waals surface area contributed by atoms with Crippen molar-refractivity contribution >= 4 is 28.9 Å². The van der Waals surface area contributed by atoms with E-state index >= 15 is 0 Å². The summed E-state index contributed by atoms with van der Waals surface area (Å²) in [4.78, 5) is 23.0. The number of hydrogen-bond acceptors (Lipinski definition) is 4. The highest BCUT2D eigenvalue weighted by molar-refractivity contribution is 6.34. The molecular weight excluding hydrogens is 284 g/mol. The Morgan fingerprint density at radius 1 is 1.40 bits per heavy atom. The van der Waals surface area contributed by atoms with Crippen molar-refractivity contribution in [3.63, 3.8) is 0 Å². The number of carboxylic acids is 1. The molecule has 1 aromatic carbocycles. The molecule has 0 aliphatic rings. The minimum Gasteiger partial charge on any atom is -0.478 e. The Morgan fingerprint density at radius 2 is 1.95 bits per heavy atom. The first-order chi connectivity index (χ1) is 9.42. The van der Waals surface area contributed by atoms with Gasteiger partial charge in [-0.1, -0.05) is 23.8 Å². The SMILES string of the molecule is C=CCN(CC=C)c1c(Cl)cc([N+](=O)[O-])cc1C(=O)O. The number of carbonyl (C=O) groups is 1. The van der Waals surface area contributed by atoms with Gasteiger partial charge in [-0.05, 0) is 0 Å². The first-order valence-electron chi connectivity index (χ1n) is 5.60. The highest BCUT2D eigenvalue weighted by Crippen LogP contribution is 2.34. The Balaban J connectivity index is 3.49. The highest BCUT2D eigenvalue weighted by atomic mass is 35.5. The highest BCUT2D eigenvalue weighted by Gasteiger charge is 2.23. The van der Waals surface area contributed by atoms with Gasteiger partial charge in [0.05, 0.1) is 21.2 Å². The van der Waals surface area contributed by atoms with E-state index in [4.69, 9.17) is 11.6 Å². The van der Waals surface area contributed by atoms with Gasteiger partial charge in [-0.25, -0.2) is 4.79 Å². The number of nitro benzene ring substituents is 1. The minimum atomic E-state index is -1.29. The van der Waals surface area contributed by atoms with Gasteiger partial charge in [-0.3, -0.25) is 10.1 Å². The molecule has 0 unspecified atom stereocenters. The maximum absolute atomic E-state index is 11.3. The van der Waals surface area contributed by atoms with Gasteiger partial charge in [0.15, 0.2) is 0 Å². The lowest BCUT2D eigenvalue weighted by Gasteiger charge is -2.24. The largest absolute Gasteiger partial charge is 0.478 e. The fourth-order valence-corrected chi connectivity index (χ4v) is 2.08. The molecule has 0 aliphatic carbocycles. The number of halogens is 1. The second-order valence-electron chi connectivity index (χ2n) is 3.87. The van der Waals surface area contributed by atoms with Gasteiger partial charge in [0, 0.05) is 25.2 Å². The second-order valence-corrected chi connectivity index (χ2v) is 4.28. The van der Waals surface area contributed by atoms with Crippen LogP contribution in [0.15, 0.2) is 37.4 Å². The summed E-state index contributed by atoms with van der Waals surface area (Å²) in [5.74, 6) is -1.29. The first kappa shape index (κ1) is 15.7. The third-order valence-electron chi connectivity index (χ3n) is 2.50. The van der Waals surface area contributed by atoms with Crippen LogP contribution in [-0.2, 0) is 0 Å². The molecule has 0 saturated heterocycles. The summed E-state index contributed by atoms with van der Waals surface area (Å²) in [5, 5.41) is 20.0. The van der Waals surface area contributed by atoms with Crippen LogP contribution in [0.25, 0.3) is 0 Å². The van der Waals surface area contributed by atoms with Crippen LogP contribution in [0, 0.1) is 10.1 Å². The van der Waals surface area contributed by atoms with Gasteiger partial charge < -0.3 is 10.0 Å². The molecule has 0 aromatic heterocycles. The number of rotatable bonds is 7. The van der Waals surface area contributed by atoms with Crippen molar-refractivity contribution in [2.75, 3.05) is 18.0 Å². The number of nitrogens with zero attached hydrogens (tertiary/aromatic N) is 2. The topological polar surface area (TPSA) is 83.7 Å². The van der Waals surface area contributed by atoms with Gasteiger partial charge in [0.2, 0.25) is 0 Å². The zero-order valence-electron chi connectivity index (χ0n) is 10.6. The average molecular weight is 297 g/mol. The van der Waals surface area contributed by atoms with Crippen LogP contribution in [-0.4, -0.2) is 29.1 Å². The van der Waals surface area contributed by atoms with Crippen molar-refractivity contribution in [2.45, 2.75) is 0 Å². The Labute approximate surface area is 120 Å². The summed E-state index contributed by atoms with van der Waals surface area (Å²) in [7, 11) is 0. The quantitative estimate of drug-likeness (QED) is 0.475. The van der Waals surface area contributed by atoms with E-state index in [2.05, 4.69) is 13.2 Å². The molecule has 0 atom stereocenters. The Bertz CT molecular complexity index is 562. The van der Waals surface area contributed by atoms with Gasteiger partial charge in [0.25, 0.3) is 5.69 Å². The molecule has 6 nitrogen and oxygen atoms in total. The number of carboxylic acid groups (broad SMARTS) is 1. The normalized spacial score (nSPS) is 9.85. The monoisotopic (exact) mass is 296 g/mol. The van der Waals surface area contributed by atoms with E-state index in [9.17, 15) is 20.0 Å². The number of nitro groups is 1. The second kappa shape index (κ2) is 6.72. The summed E-state index contributed by atoms with van der Waals surface area (Å²) in [6, 6.07) is 2.12. The first-order valence-corrected chi connectivity index (χ1v) is 5.98. The Hall–Kier alpha value is -2.34. The summed E-state index contributed by atoms with van der Waals surface area (Å²) in [5.41, 5.74) is -0.384. The predicted octanol–water partition coefficient (Wildman–Crippen LogP) is 3.12. The molecule has 0 radical (unpaired) electrons. The summed E-state index contributed by atoms with van der Waals surface area (Å²) in [6.07, 6.45) is 3.15. The summed E-state index contributed by atoms with van der Waals surface area (Å²) < 4.78 is 0. The van der Waals surface area contributed by atoms with Crippen LogP contribution in [0.2, 0.25) is 5.02 Å². The predicted molar refractivity (Wildman–Crippen MR) is 77.7 cm³/mol. The van der Waals surface area contributed by atoms with Crippen molar-refractivity contribution in [3.05, 3.63) is 58.1 Å². The number of anilines is 1. The molecule has 0 spiro atoms. The van der Waals surface area contributed by atoms with E-state index < -0.39 is 10.9 Å². The summed E-state index contributed by atoms with van der Waals surface area (Å²) in [6.45, 7) is 7.84. The molecule has 0 bridgehead atoms. The maximum atomic E-state index is 11.3. The van der Waals surface area contributed by atoms with E-state index in [0.717, 1.165) is 12.1 Å². The molecular formula is C13H13ClN2O4. The van der Waals surface area contributed by atoms with E-state index in [0.29, 0.717) is 13.1 Å². The molecule has 0 amide bonds. The van der Waals surface area contributed by atoms with Gasteiger partial charge in [-0.2, -0.15) is 0 Å². The standard InChI is InChI=1S/C13H13ClN2O4/c1-3-5-15(6-4-2)12-10(13(17)18)7-9(16(19)20)8-11(12)14/h3-4,7-8H,1-2,5-6H2,(H,17,18). The van der Waals surface area contributed by atoms with Crippen molar-refractivity contribution in [2.24, 2.45) is 0 Å². The van der Waals surface area contributed by atoms with Crippen LogP contribution in [0.1, 0.15) is 10.4 Å². The molecule has 0 heterocycles. The smallest absolute Gasteiger partial charge is 0.338 e. The molecule has 0 aliphatic heterocycles. The zero-order valence-corrected chi connectivity index (χ0v) is 11.3. The Kier molecular flexibility index (Phi) is 5.28. The maximum Gasteiger partial charge on any atom is 0.338 e. The zero-order chi connectivity index (χ0) is 15.3. The van der Waals surface area contributed by atoms with E-state index in [1.165, 1.54) is 0 Å². The third-order valence-corrected chi connectivity index (χ3v) is 2.79. The van der Waals surface area contributed by atoms with Crippen molar-refractivity contribution in [1.29, 1.82) is 0 Å². The third kappa shape index (κ3) is 3.36. The minimum absolute atomic E-state index is 0.000278.